The summed E-state index contributed by atoms with van der Waals surface area (Å²) in [6, 6.07) is 4.75. The van der Waals surface area contributed by atoms with Crippen molar-refractivity contribution in [1.29, 1.82) is 5.26 Å². The van der Waals surface area contributed by atoms with E-state index >= 15 is 0 Å². The van der Waals surface area contributed by atoms with Gasteiger partial charge in [0.25, 0.3) is 0 Å². The minimum Gasteiger partial charge on any atom is -0.244 e. The maximum Gasteiger partial charge on any atom is 0.243 e. The average molecular weight is 293 g/mol. The highest BCUT2D eigenvalue weighted by atomic mass is 32.2. The van der Waals surface area contributed by atoms with Gasteiger partial charge in [0.2, 0.25) is 10.0 Å². The number of nitrogens with zero attached hydrogens (tertiary/aromatic N) is 2. The maximum atomic E-state index is 12.3. The summed E-state index contributed by atoms with van der Waals surface area (Å²) in [6.07, 6.45) is 6.41. The Labute approximate surface area is 120 Å². The van der Waals surface area contributed by atoms with Crippen molar-refractivity contribution in [3.63, 3.8) is 0 Å². The van der Waals surface area contributed by atoms with Gasteiger partial charge >= 0.3 is 0 Å². The molecule has 6 heteroatoms. The molecule has 20 heavy (non-hydrogen) atoms. The third-order valence-corrected chi connectivity index (χ3v) is 5.46. The van der Waals surface area contributed by atoms with Gasteiger partial charge < -0.3 is 0 Å². The maximum absolute atomic E-state index is 12.3. The topological polar surface area (TPSA) is 82.8 Å². The molecule has 0 unspecified atom stereocenters. The van der Waals surface area contributed by atoms with E-state index in [2.05, 4.69) is 16.6 Å². The second-order valence-electron chi connectivity index (χ2n) is 5.21. The van der Waals surface area contributed by atoms with Crippen LogP contribution in [0, 0.1) is 17.2 Å². The Morgan fingerprint density at radius 1 is 1.40 bits per heavy atom. The van der Waals surface area contributed by atoms with E-state index in [1.54, 1.807) is 0 Å². The Morgan fingerprint density at radius 3 is 2.70 bits per heavy atom. The molecule has 108 valence electrons. The standard InChI is InChI=1S/C14H19N3O2S/c1-2-11-5-7-12(8-6-11)17-20(18,19)14-4-3-9-16-13(14)10-15/h3-4,9,11-12,17H,2,5-8H2,1H3. The van der Waals surface area contributed by atoms with E-state index in [4.69, 9.17) is 5.26 Å². The molecule has 0 atom stereocenters. The van der Waals surface area contributed by atoms with Crippen molar-refractivity contribution in [1.82, 2.24) is 9.71 Å². The van der Waals surface area contributed by atoms with Crippen molar-refractivity contribution in [2.75, 3.05) is 0 Å². The summed E-state index contributed by atoms with van der Waals surface area (Å²) in [6.45, 7) is 2.17. The van der Waals surface area contributed by atoms with Crippen LogP contribution < -0.4 is 4.72 Å². The minimum atomic E-state index is -3.66. The number of nitriles is 1. The molecule has 1 heterocycles. The zero-order valence-corrected chi connectivity index (χ0v) is 12.4. The third-order valence-electron chi connectivity index (χ3n) is 3.91. The number of nitrogens with one attached hydrogen (secondary N) is 1. The Balaban J connectivity index is 2.11. The lowest BCUT2D eigenvalue weighted by molar-refractivity contribution is 0.306. The highest BCUT2D eigenvalue weighted by molar-refractivity contribution is 7.89. The molecular weight excluding hydrogens is 274 g/mol. The summed E-state index contributed by atoms with van der Waals surface area (Å²) >= 11 is 0. The number of hydrogen-bond donors (Lipinski definition) is 1. The zero-order valence-electron chi connectivity index (χ0n) is 11.5. The number of pyridine rings is 1. The smallest absolute Gasteiger partial charge is 0.243 e. The second kappa shape index (κ2) is 6.33. The predicted octanol–water partition coefficient (Wildman–Crippen LogP) is 2.20. The van der Waals surface area contributed by atoms with E-state index in [1.807, 2.05) is 6.07 Å². The zero-order chi connectivity index (χ0) is 14.6. The van der Waals surface area contributed by atoms with Crippen LogP contribution in [-0.2, 0) is 10.0 Å². The van der Waals surface area contributed by atoms with Gasteiger partial charge in [0, 0.05) is 12.2 Å². The van der Waals surface area contributed by atoms with Crippen LogP contribution >= 0.6 is 0 Å². The lowest BCUT2D eigenvalue weighted by Crippen LogP contribution is -2.37. The van der Waals surface area contributed by atoms with Gasteiger partial charge in [-0.2, -0.15) is 5.26 Å². The van der Waals surface area contributed by atoms with Gasteiger partial charge in [0.1, 0.15) is 11.0 Å². The molecule has 0 radical (unpaired) electrons. The summed E-state index contributed by atoms with van der Waals surface area (Å²) in [5.74, 6) is 0.712. The van der Waals surface area contributed by atoms with E-state index in [0.29, 0.717) is 5.92 Å². The van der Waals surface area contributed by atoms with E-state index in [9.17, 15) is 8.42 Å². The summed E-state index contributed by atoms with van der Waals surface area (Å²) in [4.78, 5) is 3.77. The largest absolute Gasteiger partial charge is 0.244 e. The van der Waals surface area contributed by atoms with Crippen LogP contribution in [0.4, 0.5) is 0 Å². The SMILES string of the molecule is CCC1CCC(NS(=O)(=O)c2cccnc2C#N)CC1. The number of aromatic nitrogens is 1. The number of rotatable bonds is 4. The van der Waals surface area contributed by atoms with Crippen molar-refractivity contribution in [3.05, 3.63) is 24.0 Å². The van der Waals surface area contributed by atoms with Gasteiger partial charge in [-0.15, -0.1) is 0 Å². The Morgan fingerprint density at radius 2 is 2.10 bits per heavy atom. The van der Waals surface area contributed by atoms with Crippen molar-refractivity contribution < 1.29 is 8.42 Å². The molecule has 1 aromatic heterocycles. The monoisotopic (exact) mass is 293 g/mol. The molecule has 2 rings (SSSR count). The lowest BCUT2D eigenvalue weighted by Gasteiger charge is -2.28. The van der Waals surface area contributed by atoms with Gasteiger partial charge in [0.05, 0.1) is 0 Å². The van der Waals surface area contributed by atoms with Gasteiger partial charge in [-0.3, -0.25) is 0 Å². The van der Waals surface area contributed by atoms with E-state index in [-0.39, 0.29) is 16.6 Å². The van der Waals surface area contributed by atoms with Crippen LogP contribution in [0.5, 0.6) is 0 Å². The molecule has 1 saturated carbocycles. The van der Waals surface area contributed by atoms with Gasteiger partial charge in [-0.25, -0.2) is 18.1 Å². The second-order valence-corrected chi connectivity index (χ2v) is 6.89. The first-order chi connectivity index (χ1) is 9.56. The fourth-order valence-corrected chi connectivity index (χ4v) is 4.07. The molecule has 1 N–H and O–H groups in total. The minimum absolute atomic E-state index is 0.0277. The van der Waals surface area contributed by atoms with E-state index in [1.165, 1.54) is 18.3 Å². The highest BCUT2D eigenvalue weighted by Gasteiger charge is 2.26. The Bertz CT molecular complexity index is 599. The predicted molar refractivity (Wildman–Crippen MR) is 75.3 cm³/mol. The molecular formula is C14H19N3O2S. The molecule has 1 aliphatic rings. The van der Waals surface area contributed by atoms with Crippen LogP contribution in [-0.4, -0.2) is 19.4 Å². The number of hydrogen-bond acceptors (Lipinski definition) is 4. The van der Waals surface area contributed by atoms with Crippen LogP contribution in [0.1, 0.15) is 44.7 Å². The van der Waals surface area contributed by atoms with Crippen LogP contribution in [0.2, 0.25) is 0 Å². The molecule has 0 aliphatic heterocycles. The fraction of sp³-hybridized carbons (Fsp3) is 0.571. The lowest BCUT2D eigenvalue weighted by atomic mass is 9.85. The van der Waals surface area contributed by atoms with Gasteiger partial charge in [-0.05, 0) is 43.7 Å². The Hall–Kier alpha value is -1.45. The fourth-order valence-electron chi connectivity index (χ4n) is 2.66. The third kappa shape index (κ3) is 3.35. The summed E-state index contributed by atoms with van der Waals surface area (Å²) in [5.41, 5.74) is -0.0535. The van der Waals surface area contributed by atoms with Crippen molar-refractivity contribution >= 4 is 10.0 Å². The van der Waals surface area contributed by atoms with Gasteiger partial charge in [0.15, 0.2) is 5.69 Å². The van der Waals surface area contributed by atoms with Crippen LogP contribution in [0.15, 0.2) is 23.2 Å². The summed E-state index contributed by atoms with van der Waals surface area (Å²) in [7, 11) is -3.66. The summed E-state index contributed by atoms with van der Waals surface area (Å²) < 4.78 is 27.4. The van der Waals surface area contributed by atoms with E-state index in [0.717, 1.165) is 32.1 Å². The van der Waals surface area contributed by atoms with Crippen molar-refractivity contribution in [3.8, 4) is 6.07 Å². The normalized spacial score (nSPS) is 23.2. The van der Waals surface area contributed by atoms with Crippen LogP contribution in [0.3, 0.4) is 0 Å². The molecule has 0 amide bonds. The average Bonchev–Trinajstić information content (AvgIpc) is 2.47. The highest BCUT2D eigenvalue weighted by Crippen LogP contribution is 2.27. The first kappa shape index (κ1) is 14.9. The summed E-state index contributed by atoms with van der Waals surface area (Å²) in [5, 5.41) is 8.95. The Kier molecular flexibility index (Phi) is 4.73. The van der Waals surface area contributed by atoms with Crippen LogP contribution in [0.25, 0.3) is 0 Å². The van der Waals surface area contributed by atoms with E-state index < -0.39 is 10.0 Å². The molecule has 0 bridgehead atoms. The van der Waals surface area contributed by atoms with Gasteiger partial charge in [-0.1, -0.05) is 13.3 Å². The van der Waals surface area contributed by atoms with Crippen molar-refractivity contribution in [2.24, 2.45) is 5.92 Å². The quantitative estimate of drug-likeness (QED) is 0.922. The molecule has 1 aromatic rings. The number of sulfonamides is 1. The molecule has 1 aliphatic carbocycles. The molecule has 5 nitrogen and oxygen atoms in total. The first-order valence-corrected chi connectivity index (χ1v) is 8.42. The molecule has 0 spiro atoms. The molecule has 1 fully saturated rings. The van der Waals surface area contributed by atoms with Crippen molar-refractivity contribution in [2.45, 2.75) is 50.0 Å². The first-order valence-electron chi connectivity index (χ1n) is 6.94. The molecule has 0 saturated heterocycles. The molecule has 0 aromatic carbocycles.